The zero-order valence-corrected chi connectivity index (χ0v) is 11.3. The number of hydrogen-bond donors (Lipinski definition) is 1. The predicted octanol–water partition coefficient (Wildman–Crippen LogP) is 0.869. The summed E-state index contributed by atoms with van der Waals surface area (Å²) >= 11 is 1.18. The van der Waals surface area contributed by atoms with Crippen LogP contribution in [0.5, 0.6) is 5.75 Å². The summed E-state index contributed by atoms with van der Waals surface area (Å²) in [6.45, 7) is 0.915. The number of hydrogen-bond acceptors (Lipinski definition) is 5. The number of thiophene rings is 1. The third kappa shape index (κ3) is 2.20. The van der Waals surface area contributed by atoms with E-state index >= 15 is 0 Å². The van der Waals surface area contributed by atoms with Crippen LogP contribution in [0.1, 0.15) is 12.8 Å². The van der Waals surface area contributed by atoms with Gasteiger partial charge in [-0.15, -0.1) is 11.3 Å². The van der Waals surface area contributed by atoms with Gasteiger partial charge in [0.15, 0.2) is 4.21 Å². The number of sulfonamides is 1. The van der Waals surface area contributed by atoms with E-state index in [0.717, 1.165) is 12.8 Å². The lowest BCUT2D eigenvalue weighted by Crippen LogP contribution is -2.39. The number of methoxy groups -OCH3 is 1. The molecular formula is C10H16N2O3S2. The van der Waals surface area contributed by atoms with E-state index < -0.39 is 10.0 Å². The molecule has 0 radical (unpaired) electrons. The summed E-state index contributed by atoms with van der Waals surface area (Å²) in [6, 6.07) is 1.59. The standard InChI is InChI=1S/C10H16N2O3S2/c1-15-9-4-6-16-10(9)17(13,14)12-5-2-3-8(12)7-11/h4,6,8H,2-3,5,7,11H2,1H3/t8-/m0/s1. The normalized spacial score (nSPS) is 21.9. The highest BCUT2D eigenvalue weighted by Crippen LogP contribution is 2.34. The largest absolute Gasteiger partial charge is 0.494 e. The number of nitrogens with two attached hydrogens (primary N) is 1. The molecule has 1 aliphatic rings. The van der Waals surface area contributed by atoms with Crippen molar-refractivity contribution in [3.63, 3.8) is 0 Å². The van der Waals surface area contributed by atoms with Gasteiger partial charge < -0.3 is 10.5 Å². The average Bonchev–Trinajstić information content (AvgIpc) is 2.97. The van der Waals surface area contributed by atoms with Crippen molar-refractivity contribution in [3.05, 3.63) is 11.4 Å². The number of nitrogens with zero attached hydrogens (tertiary/aromatic N) is 1. The summed E-state index contributed by atoms with van der Waals surface area (Å²) in [5.41, 5.74) is 5.61. The second-order valence-corrected chi connectivity index (χ2v) is 6.93. The van der Waals surface area contributed by atoms with Crippen molar-refractivity contribution in [2.24, 2.45) is 5.73 Å². The van der Waals surface area contributed by atoms with Crippen molar-refractivity contribution < 1.29 is 13.2 Å². The third-order valence-corrected chi connectivity index (χ3v) is 6.33. The molecule has 2 rings (SSSR count). The Hall–Kier alpha value is -0.630. The Morgan fingerprint density at radius 2 is 2.41 bits per heavy atom. The highest BCUT2D eigenvalue weighted by molar-refractivity contribution is 7.91. The molecule has 1 atom stereocenters. The van der Waals surface area contributed by atoms with E-state index in [1.165, 1.54) is 22.8 Å². The maximum Gasteiger partial charge on any atom is 0.256 e. The van der Waals surface area contributed by atoms with Crippen LogP contribution in [0, 0.1) is 0 Å². The minimum atomic E-state index is -3.45. The van der Waals surface area contributed by atoms with Crippen LogP contribution in [0.2, 0.25) is 0 Å². The van der Waals surface area contributed by atoms with Crippen LogP contribution < -0.4 is 10.5 Å². The van der Waals surface area contributed by atoms with Gasteiger partial charge in [-0.25, -0.2) is 8.42 Å². The quantitative estimate of drug-likeness (QED) is 0.885. The summed E-state index contributed by atoms with van der Waals surface area (Å²) in [6.07, 6.45) is 1.71. The van der Waals surface area contributed by atoms with Crippen molar-refractivity contribution in [2.75, 3.05) is 20.2 Å². The minimum Gasteiger partial charge on any atom is -0.494 e. The molecular weight excluding hydrogens is 260 g/mol. The molecule has 0 bridgehead atoms. The van der Waals surface area contributed by atoms with Crippen LogP contribution in [0.15, 0.2) is 15.7 Å². The molecule has 7 heteroatoms. The van der Waals surface area contributed by atoms with Crippen molar-refractivity contribution in [2.45, 2.75) is 23.1 Å². The van der Waals surface area contributed by atoms with Gasteiger partial charge in [0.05, 0.1) is 7.11 Å². The Bertz CT molecular complexity index is 483. The van der Waals surface area contributed by atoms with Crippen molar-refractivity contribution in [1.29, 1.82) is 0 Å². The minimum absolute atomic E-state index is 0.0770. The van der Waals surface area contributed by atoms with E-state index in [1.54, 1.807) is 11.4 Å². The van der Waals surface area contributed by atoms with Crippen LogP contribution in [0.25, 0.3) is 0 Å². The highest BCUT2D eigenvalue weighted by atomic mass is 32.2. The van der Waals surface area contributed by atoms with E-state index in [-0.39, 0.29) is 10.3 Å². The van der Waals surface area contributed by atoms with Crippen LogP contribution in [0.4, 0.5) is 0 Å². The van der Waals surface area contributed by atoms with Gasteiger partial charge in [-0.05, 0) is 24.3 Å². The fourth-order valence-electron chi connectivity index (χ4n) is 2.09. The van der Waals surface area contributed by atoms with Crippen LogP contribution >= 0.6 is 11.3 Å². The molecule has 1 saturated heterocycles. The number of ether oxygens (including phenoxy) is 1. The Morgan fingerprint density at radius 1 is 1.65 bits per heavy atom. The first-order chi connectivity index (χ1) is 8.11. The molecule has 1 aromatic rings. The molecule has 0 spiro atoms. The van der Waals surface area contributed by atoms with Crippen LogP contribution in [-0.4, -0.2) is 39.0 Å². The fraction of sp³-hybridized carbons (Fsp3) is 0.600. The molecule has 0 amide bonds. The first kappa shape index (κ1) is 12.8. The maximum atomic E-state index is 12.4. The molecule has 1 aromatic heterocycles. The summed E-state index contributed by atoms with van der Waals surface area (Å²) < 4.78 is 31.7. The molecule has 1 fully saturated rings. The molecule has 0 aliphatic carbocycles. The lowest BCUT2D eigenvalue weighted by atomic mass is 10.2. The summed E-state index contributed by atoms with van der Waals surface area (Å²) in [4.78, 5) is 0. The van der Waals surface area contributed by atoms with Crippen LogP contribution in [0.3, 0.4) is 0 Å². The summed E-state index contributed by atoms with van der Waals surface area (Å²) in [7, 11) is -1.97. The van der Waals surface area contributed by atoms with E-state index in [2.05, 4.69) is 0 Å². The second kappa shape index (κ2) is 4.93. The topological polar surface area (TPSA) is 72.6 Å². The van der Waals surface area contributed by atoms with Crippen LogP contribution in [-0.2, 0) is 10.0 Å². The van der Waals surface area contributed by atoms with Crippen molar-refractivity contribution in [3.8, 4) is 5.75 Å². The lowest BCUT2D eigenvalue weighted by Gasteiger charge is -2.22. The molecule has 0 aromatic carbocycles. The molecule has 1 aliphatic heterocycles. The molecule has 2 N–H and O–H groups in total. The summed E-state index contributed by atoms with van der Waals surface area (Å²) in [5, 5.41) is 1.72. The van der Waals surface area contributed by atoms with Crippen molar-refractivity contribution in [1.82, 2.24) is 4.31 Å². The maximum absolute atomic E-state index is 12.4. The molecule has 0 saturated carbocycles. The van der Waals surface area contributed by atoms with Gasteiger partial charge in [-0.2, -0.15) is 4.31 Å². The molecule has 2 heterocycles. The fourth-order valence-corrected chi connectivity index (χ4v) is 5.19. The third-order valence-electron chi connectivity index (χ3n) is 2.95. The first-order valence-corrected chi connectivity index (χ1v) is 7.76. The van der Waals surface area contributed by atoms with Gasteiger partial charge in [0, 0.05) is 19.1 Å². The Balaban J connectivity index is 2.36. The Morgan fingerprint density at radius 3 is 3.06 bits per heavy atom. The van der Waals surface area contributed by atoms with Gasteiger partial charge in [-0.1, -0.05) is 0 Å². The van der Waals surface area contributed by atoms with E-state index in [1.807, 2.05) is 0 Å². The van der Waals surface area contributed by atoms with Gasteiger partial charge in [0.2, 0.25) is 0 Å². The molecule has 5 nitrogen and oxygen atoms in total. The second-order valence-electron chi connectivity index (χ2n) is 3.92. The highest BCUT2D eigenvalue weighted by Gasteiger charge is 2.36. The first-order valence-electron chi connectivity index (χ1n) is 5.44. The average molecular weight is 276 g/mol. The zero-order valence-electron chi connectivity index (χ0n) is 9.63. The lowest BCUT2D eigenvalue weighted by molar-refractivity contribution is 0.382. The monoisotopic (exact) mass is 276 g/mol. The smallest absolute Gasteiger partial charge is 0.256 e. The molecule has 96 valence electrons. The predicted molar refractivity (Wildman–Crippen MR) is 66.8 cm³/mol. The Labute approximate surface area is 105 Å². The van der Waals surface area contributed by atoms with E-state index in [9.17, 15) is 8.42 Å². The molecule has 0 unspecified atom stereocenters. The van der Waals surface area contributed by atoms with Gasteiger partial charge in [-0.3, -0.25) is 0 Å². The summed E-state index contributed by atoms with van der Waals surface area (Å²) in [5.74, 6) is 0.415. The van der Waals surface area contributed by atoms with E-state index in [0.29, 0.717) is 18.8 Å². The van der Waals surface area contributed by atoms with Gasteiger partial charge in [0.1, 0.15) is 5.75 Å². The SMILES string of the molecule is COc1ccsc1S(=O)(=O)N1CCC[C@H]1CN. The van der Waals surface area contributed by atoms with E-state index in [4.69, 9.17) is 10.5 Å². The zero-order chi connectivity index (χ0) is 12.5. The van der Waals surface area contributed by atoms with Gasteiger partial charge >= 0.3 is 0 Å². The van der Waals surface area contributed by atoms with Gasteiger partial charge in [0.25, 0.3) is 10.0 Å². The number of rotatable bonds is 4. The Kier molecular flexibility index (Phi) is 3.72. The van der Waals surface area contributed by atoms with Crippen molar-refractivity contribution >= 4 is 21.4 Å². The molecule has 17 heavy (non-hydrogen) atoms.